The molecule has 0 bridgehead atoms. The summed E-state index contributed by atoms with van der Waals surface area (Å²) in [5.41, 5.74) is 3.41. The summed E-state index contributed by atoms with van der Waals surface area (Å²) in [7, 11) is 0. The van der Waals surface area contributed by atoms with Crippen molar-refractivity contribution < 1.29 is 9.59 Å². The number of likely N-dealkylation sites (tertiary alicyclic amines) is 1. The van der Waals surface area contributed by atoms with E-state index in [4.69, 9.17) is 0 Å². The summed E-state index contributed by atoms with van der Waals surface area (Å²) in [5, 5.41) is 3.11. The predicted molar refractivity (Wildman–Crippen MR) is 106 cm³/mol. The number of benzene rings is 2. The second-order valence-electron chi connectivity index (χ2n) is 7.68. The Morgan fingerprint density at radius 1 is 0.963 bits per heavy atom. The number of carbonyl (C=O) groups is 2. The fourth-order valence-electron chi connectivity index (χ4n) is 3.86. The van der Waals surface area contributed by atoms with Gasteiger partial charge in [-0.2, -0.15) is 0 Å². The largest absolute Gasteiger partial charge is 0.348 e. The Bertz CT molecular complexity index is 812. The predicted octanol–water partition coefficient (Wildman–Crippen LogP) is 3.93. The van der Waals surface area contributed by atoms with E-state index in [0.717, 1.165) is 36.8 Å². The summed E-state index contributed by atoms with van der Waals surface area (Å²) in [6, 6.07) is 18.2. The van der Waals surface area contributed by atoms with E-state index >= 15 is 0 Å². The summed E-state index contributed by atoms with van der Waals surface area (Å²) < 4.78 is 0. The van der Waals surface area contributed by atoms with E-state index in [1.54, 1.807) is 4.90 Å². The van der Waals surface area contributed by atoms with Crippen LogP contribution in [0.4, 0.5) is 0 Å². The van der Waals surface area contributed by atoms with Crippen LogP contribution in [-0.2, 0) is 9.59 Å². The molecule has 4 heteroatoms. The van der Waals surface area contributed by atoms with Gasteiger partial charge in [0.15, 0.2) is 0 Å². The minimum Gasteiger partial charge on any atom is -0.348 e. The molecule has 1 saturated heterocycles. The van der Waals surface area contributed by atoms with E-state index in [0.29, 0.717) is 6.54 Å². The van der Waals surface area contributed by atoms with Crippen molar-refractivity contribution in [3.63, 3.8) is 0 Å². The van der Waals surface area contributed by atoms with Crippen LogP contribution >= 0.6 is 0 Å². The highest BCUT2D eigenvalue weighted by molar-refractivity contribution is 5.90. The Balaban J connectivity index is 1.40. The second-order valence-corrected chi connectivity index (χ2v) is 7.68. The zero-order valence-electron chi connectivity index (χ0n) is 15.7. The van der Waals surface area contributed by atoms with E-state index in [1.807, 2.05) is 25.1 Å². The molecule has 0 unspecified atom stereocenters. The lowest BCUT2D eigenvalue weighted by molar-refractivity contribution is -0.139. The van der Waals surface area contributed by atoms with Gasteiger partial charge in [-0.15, -0.1) is 0 Å². The molecular formula is C23H26N2O2. The zero-order chi connectivity index (χ0) is 18.8. The maximum atomic E-state index is 12.8. The minimum atomic E-state index is -0.302. The third-order valence-electron chi connectivity index (χ3n) is 5.64. The molecule has 0 aromatic heterocycles. The molecule has 2 fully saturated rings. The van der Waals surface area contributed by atoms with Gasteiger partial charge in [0.2, 0.25) is 11.8 Å². The Labute approximate surface area is 160 Å². The number of amides is 2. The summed E-state index contributed by atoms with van der Waals surface area (Å²) in [6.07, 6.45) is 3.64. The molecule has 1 saturated carbocycles. The zero-order valence-corrected chi connectivity index (χ0v) is 15.7. The Morgan fingerprint density at radius 3 is 2.30 bits per heavy atom. The maximum absolute atomic E-state index is 12.8. The van der Waals surface area contributed by atoms with E-state index in [-0.39, 0.29) is 29.8 Å². The van der Waals surface area contributed by atoms with Crippen LogP contribution in [0.15, 0.2) is 54.6 Å². The summed E-state index contributed by atoms with van der Waals surface area (Å²) in [4.78, 5) is 27.0. The van der Waals surface area contributed by atoms with Crippen molar-refractivity contribution in [2.24, 2.45) is 5.92 Å². The average Bonchev–Trinajstić information content (AvgIpc) is 3.44. The fourth-order valence-corrected chi connectivity index (χ4v) is 3.86. The number of carbonyl (C=O) groups excluding carboxylic acids is 2. The molecule has 2 aromatic rings. The van der Waals surface area contributed by atoms with Gasteiger partial charge in [0.05, 0.1) is 6.04 Å². The monoisotopic (exact) mass is 362 g/mol. The Morgan fingerprint density at radius 2 is 1.63 bits per heavy atom. The Kier molecular flexibility index (Phi) is 4.97. The molecule has 2 amide bonds. The van der Waals surface area contributed by atoms with Crippen LogP contribution in [-0.4, -0.2) is 29.3 Å². The van der Waals surface area contributed by atoms with Crippen LogP contribution < -0.4 is 5.32 Å². The maximum Gasteiger partial charge on any atom is 0.243 e. The second kappa shape index (κ2) is 7.55. The standard InChI is InChI=1S/C23H26N2O2/c1-16(17-9-11-19(12-10-17)18-6-3-2-4-7-18)24-22(26)21-8-5-15-25(21)23(27)20-13-14-20/h2-4,6-7,9-12,16,20-21H,5,8,13-15H2,1H3,(H,24,26)/t16-,21+/m1/s1. The van der Waals surface area contributed by atoms with Crippen molar-refractivity contribution in [3.05, 3.63) is 60.2 Å². The van der Waals surface area contributed by atoms with Gasteiger partial charge in [0.1, 0.15) is 6.04 Å². The lowest BCUT2D eigenvalue weighted by Gasteiger charge is -2.25. The van der Waals surface area contributed by atoms with Crippen molar-refractivity contribution in [2.45, 2.75) is 44.7 Å². The number of nitrogens with one attached hydrogen (secondary N) is 1. The third-order valence-corrected chi connectivity index (χ3v) is 5.64. The first-order valence-electron chi connectivity index (χ1n) is 9.90. The highest BCUT2D eigenvalue weighted by atomic mass is 16.2. The minimum absolute atomic E-state index is 0.0267. The summed E-state index contributed by atoms with van der Waals surface area (Å²) in [5.74, 6) is 0.315. The lowest BCUT2D eigenvalue weighted by atomic mass is 10.0. The molecule has 1 aliphatic heterocycles. The summed E-state index contributed by atoms with van der Waals surface area (Å²) >= 11 is 0. The molecule has 4 nitrogen and oxygen atoms in total. The van der Waals surface area contributed by atoms with Crippen LogP contribution in [0.25, 0.3) is 11.1 Å². The highest BCUT2D eigenvalue weighted by Gasteiger charge is 2.41. The van der Waals surface area contributed by atoms with Crippen LogP contribution in [0.2, 0.25) is 0 Å². The third kappa shape index (κ3) is 3.90. The molecule has 1 heterocycles. The quantitative estimate of drug-likeness (QED) is 0.876. The van der Waals surface area contributed by atoms with Crippen LogP contribution in [0.3, 0.4) is 0 Å². The first-order valence-corrected chi connectivity index (χ1v) is 9.90. The molecular weight excluding hydrogens is 336 g/mol. The fraction of sp³-hybridized carbons (Fsp3) is 0.391. The Hall–Kier alpha value is -2.62. The van der Waals surface area contributed by atoms with Gasteiger partial charge in [0, 0.05) is 12.5 Å². The van der Waals surface area contributed by atoms with Gasteiger partial charge in [-0.25, -0.2) is 0 Å². The smallest absolute Gasteiger partial charge is 0.243 e. The molecule has 0 spiro atoms. The number of hydrogen-bond donors (Lipinski definition) is 1. The van der Waals surface area contributed by atoms with E-state index in [1.165, 1.54) is 5.56 Å². The van der Waals surface area contributed by atoms with E-state index < -0.39 is 0 Å². The van der Waals surface area contributed by atoms with Crippen LogP contribution in [0.1, 0.15) is 44.2 Å². The molecule has 2 aromatic carbocycles. The molecule has 27 heavy (non-hydrogen) atoms. The molecule has 1 N–H and O–H groups in total. The normalized spacial score (nSPS) is 20.3. The van der Waals surface area contributed by atoms with Gasteiger partial charge in [-0.1, -0.05) is 54.6 Å². The molecule has 2 atom stereocenters. The number of rotatable bonds is 5. The van der Waals surface area contributed by atoms with Gasteiger partial charge >= 0.3 is 0 Å². The number of hydrogen-bond acceptors (Lipinski definition) is 2. The molecule has 4 rings (SSSR count). The molecule has 1 aliphatic carbocycles. The molecule has 0 radical (unpaired) electrons. The summed E-state index contributed by atoms with van der Waals surface area (Å²) in [6.45, 7) is 2.71. The highest BCUT2D eigenvalue weighted by Crippen LogP contribution is 2.34. The first kappa shape index (κ1) is 17.8. The SMILES string of the molecule is C[C@@H](NC(=O)[C@@H]1CCCN1C(=O)C1CC1)c1ccc(-c2ccccc2)cc1. The van der Waals surface area contributed by atoms with Crippen molar-refractivity contribution in [2.75, 3.05) is 6.54 Å². The lowest BCUT2D eigenvalue weighted by Crippen LogP contribution is -2.47. The van der Waals surface area contributed by atoms with E-state index in [9.17, 15) is 9.59 Å². The van der Waals surface area contributed by atoms with Crippen molar-refractivity contribution in [3.8, 4) is 11.1 Å². The topological polar surface area (TPSA) is 49.4 Å². The average molecular weight is 362 g/mol. The van der Waals surface area contributed by atoms with Crippen molar-refractivity contribution in [1.29, 1.82) is 0 Å². The molecule has 2 aliphatic rings. The van der Waals surface area contributed by atoms with Gasteiger partial charge in [-0.3, -0.25) is 9.59 Å². The van der Waals surface area contributed by atoms with Crippen LogP contribution in [0, 0.1) is 5.92 Å². The van der Waals surface area contributed by atoms with Crippen molar-refractivity contribution >= 4 is 11.8 Å². The molecule has 140 valence electrons. The first-order chi connectivity index (χ1) is 13.1. The van der Waals surface area contributed by atoms with E-state index in [2.05, 4.69) is 41.7 Å². The van der Waals surface area contributed by atoms with Crippen LogP contribution in [0.5, 0.6) is 0 Å². The van der Waals surface area contributed by atoms with Gasteiger partial charge in [0.25, 0.3) is 0 Å². The van der Waals surface area contributed by atoms with Gasteiger partial charge < -0.3 is 10.2 Å². The van der Waals surface area contributed by atoms with Gasteiger partial charge in [-0.05, 0) is 49.3 Å². The van der Waals surface area contributed by atoms with Crippen molar-refractivity contribution in [1.82, 2.24) is 10.2 Å². The number of nitrogens with zero attached hydrogens (tertiary/aromatic N) is 1.